The predicted octanol–water partition coefficient (Wildman–Crippen LogP) is 4.09. The third-order valence-electron chi connectivity index (χ3n) is 3.93. The number of ether oxygens (including phenoxy) is 2. The molecule has 0 spiro atoms. The molecule has 3 aromatic carbocycles. The molecule has 30 heavy (non-hydrogen) atoms. The third kappa shape index (κ3) is 6.38. The number of hydrogen-bond donors (Lipinski definition) is 2. The van der Waals surface area contributed by atoms with E-state index < -0.39 is 11.9 Å². The van der Waals surface area contributed by atoms with Crippen LogP contribution in [-0.4, -0.2) is 11.9 Å². The van der Waals surface area contributed by atoms with Gasteiger partial charge in [0, 0.05) is 23.5 Å². The number of carbonyl (C=O) groups is 2. The van der Waals surface area contributed by atoms with Crippen molar-refractivity contribution in [3.63, 3.8) is 0 Å². The van der Waals surface area contributed by atoms with Crippen LogP contribution in [0.2, 0.25) is 0 Å². The van der Waals surface area contributed by atoms with E-state index in [0.717, 1.165) is 11.1 Å². The van der Waals surface area contributed by atoms with E-state index in [4.69, 9.17) is 20.9 Å². The molecule has 0 aliphatic rings. The van der Waals surface area contributed by atoms with Gasteiger partial charge in [-0.2, -0.15) is 0 Å². The second-order valence-corrected chi connectivity index (χ2v) is 6.32. The Hall–Kier alpha value is -4.32. The van der Waals surface area contributed by atoms with E-state index >= 15 is 0 Å². The Morgan fingerprint density at radius 3 is 1.43 bits per heavy atom. The number of rotatable bonds is 6. The maximum atomic E-state index is 11.9. The van der Waals surface area contributed by atoms with Crippen LogP contribution in [0.3, 0.4) is 0 Å². The summed E-state index contributed by atoms with van der Waals surface area (Å²) in [6.07, 6.45) is 5.91. The Labute approximate surface area is 174 Å². The van der Waals surface area contributed by atoms with E-state index in [1.54, 1.807) is 60.7 Å². The Morgan fingerprint density at radius 1 is 0.633 bits per heavy atom. The zero-order chi connectivity index (χ0) is 21.3. The number of benzene rings is 3. The van der Waals surface area contributed by atoms with Crippen LogP contribution in [0.15, 0.2) is 84.9 Å². The molecule has 0 saturated heterocycles. The molecule has 0 amide bonds. The lowest BCUT2D eigenvalue weighted by molar-refractivity contribution is -0.129. The lowest BCUT2D eigenvalue weighted by Gasteiger charge is -2.02. The van der Waals surface area contributed by atoms with Crippen molar-refractivity contribution in [3.8, 4) is 11.5 Å². The minimum absolute atomic E-state index is 0.412. The minimum Gasteiger partial charge on any atom is -0.423 e. The highest BCUT2D eigenvalue weighted by Gasteiger charge is 2.02. The van der Waals surface area contributed by atoms with Crippen LogP contribution in [0.1, 0.15) is 11.1 Å². The Morgan fingerprint density at radius 2 is 1.03 bits per heavy atom. The smallest absolute Gasteiger partial charge is 0.336 e. The number of anilines is 2. The summed E-state index contributed by atoms with van der Waals surface area (Å²) in [6, 6.07) is 20.4. The van der Waals surface area contributed by atoms with E-state index in [2.05, 4.69) is 0 Å². The Balaban J connectivity index is 1.58. The number of hydrogen-bond acceptors (Lipinski definition) is 6. The largest absolute Gasteiger partial charge is 0.423 e. The Bertz CT molecular complexity index is 1000. The average Bonchev–Trinajstić information content (AvgIpc) is 2.74. The molecule has 6 nitrogen and oxygen atoms in total. The molecule has 0 aliphatic heterocycles. The Kier molecular flexibility index (Phi) is 6.63. The fraction of sp³-hybridized carbons (Fsp3) is 0. The highest BCUT2D eigenvalue weighted by atomic mass is 16.5. The molecule has 0 aliphatic carbocycles. The van der Waals surface area contributed by atoms with Gasteiger partial charge in [0.05, 0.1) is 0 Å². The van der Waals surface area contributed by atoms with Crippen LogP contribution in [0, 0.1) is 0 Å². The monoisotopic (exact) mass is 400 g/mol. The topological polar surface area (TPSA) is 105 Å². The molecule has 4 N–H and O–H groups in total. The van der Waals surface area contributed by atoms with Crippen molar-refractivity contribution in [1.82, 2.24) is 0 Å². The van der Waals surface area contributed by atoms with Gasteiger partial charge >= 0.3 is 11.9 Å². The summed E-state index contributed by atoms with van der Waals surface area (Å²) in [5.41, 5.74) is 13.9. The van der Waals surface area contributed by atoms with Gasteiger partial charge in [0.1, 0.15) is 11.5 Å². The SMILES string of the molecule is Nc1ccc(OC(=O)C=Cc2cccc(C=CC(=O)Oc3ccc(N)cc3)c2)cc1. The molecule has 3 aromatic rings. The van der Waals surface area contributed by atoms with Crippen LogP contribution < -0.4 is 20.9 Å². The van der Waals surface area contributed by atoms with Crippen molar-refractivity contribution in [2.24, 2.45) is 0 Å². The van der Waals surface area contributed by atoms with Crippen molar-refractivity contribution in [2.75, 3.05) is 11.5 Å². The van der Waals surface area contributed by atoms with Crippen molar-refractivity contribution >= 4 is 35.5 Å². The summed E-state index contributed by atoms with van der Waals surface area (Å²) in [5.74, 6) is -0.189. The van der Waals surface area contributed by atoms with Gasteiger partial charge < -0.3 is 20.9 Å². The van der Waals surface area contributed by atoms with Crippen LogP contribution in [0.4, 0.5) is 11.4 Å². The second kappa shape index (κ2) is 9.75. The lowest BCUT2D eigenvalue weighted by Crippen LogP contribution is -2.03. The zero-order valence-corrected chi connectivity index (χ0v) is 16.0. The molecule has 0 fully saturated rings. The van der Waals surface area contributed by atoms with Crippen molar-refractivity contribution in [2.45, 2.75) is 0 Å². The van der Waals surface area contributed by atoms with Gasteiger partial charge in [0.15, 0.2) is 0 Å². The highest BCUT2D eigenvalue weighted by Crippen LogP contribution is 2.15. The molecule has 3 rings (SSSR count). The lowest BCUT2D eigenvalue weighted by atomic mass is 10.1. The molecule has 0 unspecified atom stereocenters. The maximum absolute atomic E-state index is 11.9. The summed E-state index contributed by atoms with van der Waals surface area (Å²) in [7, 11) is 0. The minimum atomic E-state index is -0.507. The molecule has 150 valence electrons. The van der Waals surface area contributed by atoms with Gasteiger partial charge in [0.2, 0.25) is 0 Å². The fourth-order valence-electron chi connectivity index (χ4n) is 2.47. The first-order chi connectivity index (χ1) is 14.5. The fourth-order valence-corrected chi connectivity index (χ4v) is 2.47. The van der Waals surface area contributed by atoms with Crippen molar-refractivity contribution < 1.29 is 19.1 Å². The van der Waals surface area contributed by atoms with E-state index in [1.165, 1.54) is 12.2 Å². The number of esters is 2. The van der Waals surface area contributed by atoms with Crippen LogP contribution in [-0.2, 0) is 9.59 Å². The summed E-state index contributed by atoms with van der Waals surface area (Å²) in [6.45, 7) is 0. The maximum Gasteiger partial charge on any atom is 0.336 e. The van der Waals surface area contributed by atoms with Gasteiger partial charge in [0.25, 0.3) is 0 Å². The van der Waals surface area contributed by atoms with Gasteiger partial charge in [-0.15, -0.1) is 0 Å². The first-order valence-electron chi connectivity index (χ1n) is 9.09. The molecule has 0 saturated carbocycles. The third-order valence-corrected chi connectivity index (χ3v) is 3.93. The number of nitrogen functional groups attached to an aromatic ring is 2. The normalized spacial score (nSPS) is 10.9. The van der Waals surface area contributed by atoms with Gasteiger partial charge in [-0.3, -0.25) is 0 Å². The molecular weight excluding hydrogens is 380 g/mol. The summed E-state index contributed by atoms with van der Waals surface area (Å²) in [5, 5.41) is 0. The van der Waals surface area contributed by atoms with Crippen LogP contribution in [0.5, 0.6) is 11.5 Å². The van der Waals surface area contributed by atoms with Gasteiger partial charge in [-0.25, -0.2) is 9.59 Å². The molecule has 0 radical (unpaired) electrons. The van der Waals surface area contributed by atoms with Crippen molar-refractivity contribution in [3.05, 3.63) is 96.1 Å². The molecule has 0 heterocycles. The molecular formula is C24H20N2O4. The summed E-state index contributed by atoms with van der Waals surface area (Å²) in [4.78, 5) is 23.9. The average molecular weight is 400 g/mol. The van der Waals surface area contributed by atoms with E-state index in [9.17, 15) is 9.59 Å². The molecule has 0 bridgehead atoms. The first-order valence-corrected chi connectivity index (χ1v) is 9.09. The van der Waals surface area contributed by atoms with Crippen molar-refractivity contribution in [1.29, 1.82) is 0 Å². The van der Waals surface area contributed by atoms with E-state index in [-0.39, 0.29) is 0 Å². The molecule has 0 atom stereocenters. The molecule has 6 heteroatoms. The first kappa shape index (κ1) is 20.4. The zero-order valence-electron chi connectivity index (χ0n) is 16.0. The van der Waals surface area contributed by atoms with Gasteiger partial charge in [-0.05, 0) is 77.9 Å². The molecule has 0 aromatic heterocycles. The van der Waals surface area contributed by atoms with E-state index in [0.29, 0.717) is 22.9 Å². The van der Waals surface area contributed by atoms with Crippen LogP contribution in [0.25, 0.3) is 12.2 Å². The van der Waals surface area contributed by atoms with E-state index in [1.807, 2.05) is 24.3 Å². The standard InChI is InChI=1S/C24H20N2O4/c25-19-6-10-21(11-7-19)29-23(27)14-4-17-2-1-3-18(16-17)5-15-24(28)30-22-12-8-20(26)9-13-22/h1-16H,25-26H2. The van der Waals surface area contributed by atoms with Gasteiger partial charge in [-0.1, -0.05) is 18.2 Å². The summed E-state index contributed by atoms with van der Waals surface area (Å²) < 4.78 is 10.4. The second-order valence-electron chi connectivity index (χ2n) is 6.32. The summed E-state index contributed by atoms with van der Waals surface area (Å²) >= 11 is 0. The number of carbonyl (C=O) groups excluding carboxylic acids is 2. The number of nitrogens with two attached hydrogens (primary N) is 2. The predicted molar refractivity (Wildman–Crippen MR) is 117 cm³/mol. The highest BCUT2D eigenvalue weighted by molar-refractivity contribution is 5.90. The van der Waals surface area contributed by atoms with Crippen LogP contribution >= 0.6 is 0 Å². The quantitative estimate of drug-likeness (QED) is 0.279.